The second-order valence-electron chi connectivity index (χ2n) is 8.08. The van der Waals surface area contributed by atoms with E-state index in [4.69, 9.17) is 19.7 Å². The summed E-state index contributed by atoms with van der Waals surface area (Å²) in [5, 5.41) is 10.9. The first kappa shape index (κ1) is 22.5. The number of nitrogens with zero attached hydrogens (tertiary/aromatic N) is 3. The van der Waals surface area contributed by atoms with E-state index in [0.29, 0.717) is 35.4 Å². The molecule has 0 saturated heterocycles. The number of aromatic hydroxyl groups is 1. The molecule has 1 heterocycles. The van der Waals surface area contributed by atoms with Crippen LogP contribution in [0.25, 0.3) is 34.2 Å². The van der Waals surface area contributed by atoms with Crippen LogP contribution >= 0.6 is 0 Å². The summed E-state index contributed by atoms with van der Waals surface area (Å²) >= 11 is 0. The van der Waals surface area contributed by atoms with E-state index in [0.717, 1.165) is 29.5 Å². The third kappa shape index (κ3) is 5.55. The molecule has 0 radical (unpaired) electrons. The Hall–Kier alpha value is -3.73. The van der Waals surface area contributed by atoms with Crippen LogP contribution in [0.15, 0.2) is 72.8 Å². The molecule has 33 heavy (non-hydrogen) atoms. The van der Waals surface area contributed by atoms with E-state index in [2.05, 4.69) is 6.92 Å². The lowest BCUT2D eigenvalue weighted by Gasteiger charge is -2.13. The fourth-order valence-electron chi connectivity index (χ4n) is 3.75. The minimum atomic E-state index is 0.0998. The third-order valence-electron chi connectivity index (χ3n) is 5.48. The Labute approximate surface area is 195 Å². The van der Waals surface area contributed by atoms with Crippen LogP contribution in [-0.2, 0) is 0 Å². The zero-order valence-corrected chi connectivity index (χ0v) is 19.2. The van der Waals surface area contributed by atoms with Crippen LogP contribution in [0.5, 0.6) is 11.5 Å². The average Bonchev–Trinajstić information content (AvgIpc) is 2.84. The van der Waals surface area contributed by atoms with Crippen LogP contribution in [0.2, 0.25) is 0 Å². The summed E-state index contributed by atoms with van der Waals surface area (Å²) in [6.07, 6.45) is 4.55. The average molecular weight is 440 g/mol. The van der Waals surface area contributed by atoms with Crippen LogP contribution < -0.4 is 4.74 Å². The molecule has 1 N–H and O–H groups in total. The van der Waals surface area contributed by atoms with E-state index in [1.54, 1.807) is 6.07 Å². The number of rotatable bonds is 9. The van der Waals surface area contributed by atoms with Crippen LogP contribution in [0.3, 0.4) is 0 Å². The number of aryl methyl sites for hydroxylation is 1. The van der Waals surface area contributed by atoms with E-state index < -0.39 is 0 Å². The number of hydrogen-bond donors (Lipinski definition) is 1. The molecule has 3 aromatic carbocycles. The Morgan fingerprint density at radius 2 is 1.30 bits per heavy atom. The molecule has 4 rings (SSSR count). The largest absolute Gasteiger partial charge is 0.507 e. The summed E-state index contributed by atoms with van der Waals surface area (Å²) in [5.41, 5.74) is 3.22. The maximum Gasteiger partial charge on any atom is 0.168 e. The molecule has 0 unspecified atom stereocenters. The second kappa shape index (κ2) is 10.7. The van der Waals surface area contributed by atoms with Crippen molar-refractivity contribution in [3.05, 3.63) is 78.4 Å². The molecule has 0 amide bonds. The molecule has 1 aromatic heterocycles. The van der Waals surface area contributed by atoms with Gasteiger partial charge in [-0.3, -0.25) is 0 Å². The molecule has 5 heteroatoms. The lowest BCUT2D eigenvalue weighted by molar-refractivity contribution is 0.303. The van der Waals surface area contributed by atoms with Gasteiger partial charge >= 0.3 is 0 Å². The molecule has 0 fully saturated rings. The van der Waals surface area contributed by atoms with Crippen molar-refractivity contribution in [1.82, 2.24) is 15.0 Å². The molecule has 4 aromatic rings. The van der Waals surface area contributed by atoms with Crippen molar-refractivity contribution in [2.75, 3.05) is 6.61 Å². The number of ether oxygens (including phenoxy) is 1. The van der Waals surface area contributed by atoms with Gasteiger partial charge in [0.05, 0.1) is 12.2 Å². The van der Waals surface area contributed by atoms with Crippen molar-refractivity contribution < 1.29 is 9.84 Å². The van der Waals surface area contributed by atoms with Crippen LogP contribution in [-0.4, -0.2) is 26.7 Å². The Balaban J connectivity index is 1.72. The van der Waals surface area contributed by atoms with Gasteiger partial charge in [0.25, 0.3) is 0 Å². The normalized spacial score (nSPS) is 10.8. The molecule has 5 nitrogen and oxygen atoms in total. The van der Waals surface area contributed by atoms with Gasteiger partial charge in [-0.1, -0.05) is 86.8 Å². The van der Waals surface area contributed by atoms with Crippen molar-refractivity contribution in [3.8, 4) is 45.7 Å². The number of phenols is 1. The van der Waals surface area contributed by atoms with Crippen molar-refractivity contribution >= 4 is 0 Å². The van der Waals surface area contributed by atoms with Gasteiger partial charge in [-0.05, 0) is 25.0 Å². The second-order valence-corrected chi connectivity index (χ2v) is 8.08. The molecular weight excluding hydrogens is 410 g/mol. The summed E-state index contributed by atoms with van der Waals surface area (Å²) in [6.45, 7) is 4.77. The number of phenolic OH excluding ortho intramolecular Hbond substituents is 1. The number of hydrogen-bond acceptors (Lipinski definition) is 5. The highest BCUT2D eigenvalue weighted by atomic mass is 16.5. The van der Waals surface area contributed by atoms with Gasteiger partial charge in [0.1, 0.15) is 11.5 Å². The highest BCUT2D eigenvalue weighted by Crippen LogP contribution is 2.36. The Morgan fingerprint density at radius 1 is 0.727 bits per heavy atom. The van der Waals surface area contributed by atoms with Gasteiger partial charge < -0.3 is 9.84 Å². The lowest BCUT2D eigenvalue weighted by Crippen LogP contribution is -2.02. The van der Waals surface area contributed by atoms with E-state index in [-0.39, 0.29) is 5.75 Å². The van der Waals surface area contributed by atoms with E-state index >= 15 is 0 Å². The molecule has 0 aliphatic heterocycles. The standard InChI is InChI=1S/C28H29N3O2/c1-3-4-5-12-17-33-23-18-20(2)25(24(32)19-23)28-30-26(21-13-8-6-9-14-21)29-27(31-28)22-15-10-7-11-16-22/h6-11,13-16,18-19,32H,3-5,12,17H2,1-2H3. The summed E-state index contributed by atoms with van der Waals surface area (Å²) < 4.78 is 5.88. The Bertz CT molecular complexity index is 1110. The first-order valence-electron chi connectivity index (χ1n) is 11.5. The quantitative estimate of drug-likeness (QED) is 0.289. The minimum Gasteiger partial charge on any atom is -0.507 e. The first-order chi connectivity index (χ1) is 16.2. The van der Waals surface area contributed by atoms with Crippen molar-refractivity contribution in [1.29, 1.82) is 0 Å². The van der Waals surface area contributed by atoms with Gasteiger partial charge in [-0.25, -0.2) is 15.0 Å². The number of benzene rings is 3. The molecule has 0 aliphatic rings. The summed E-state index contributed by atoms with van der Waals surface area (Å²) in [6, 6.07) is 23.2. The summed E-state index contributed by atoms with van der Waals surface area (Å²) in [7, 11) is 0. The van der Waals surface area contributed by atoms with E-state index in [1.807, 2.05) is 73.7 Å². The summed E-state index contributed by atoms with van der Waals surface area (Å²) in [4.78, 5) is 14.2. The van der Waals surface area contributed by atoms with E-state index in [1.165, 1.54) is 12.8 Å². The zero-order chi connectivity index (χ0) is 23.0. The molecule has 0 atom stereocenters. The molecule has 0 aliphatic carbocycles. The van der Waals surface area contributed by atoms with Crippen molar-refractivity contribution in [3.63, 3.8) is 0 Å². The van der Waals surface area contributed by atoms with Gasteiger partial charge in [0.15, 0.2) is 17.5 Å². The molecule has 0 bridgehead atoms. The minimum absolute atomic E-state index is 0.0998. The van der Waals surface area contributed by atoms with Crippen LogP contribution in [0, 0.1) is 6.92 Å². The maximum absolute atomic E-state index is 10.9. The SMILES string of the molecule is CCCCCCOc1cc(C)c(-c2nc(-c3ccccc3)nc(-c3ccccc3)n2)c(O)c1. The molecule has 168 valence electrons. The highest BCUT2D eigenvalue weighted by Gasteiger charge is 2.17. The van der Waals surface area contributed by atoms with Gasteiger partial charge in [0.2, 0.25) is 0 Å². The summed E-state index contributed by atoms with van der Waals surface area (Å²) in [5.74, 6) is 2.32. The Kier molecular flexibility index (Phi) is 7.30. The number of aromatic nitrogens is 3. The molecular formula is C28H29N3O2. The predicted octanol–water partition coefficient (Wildman–Crippen LogP) is 6.85. The highest BCUT2D eigenvalue weighted by molar-refractivity contribution is 5.73. The maximum atomic E-state index is 10.9. The molecule has 0 saturated carbocycles. The van der Waals surface area contributed by atoms with Crippen molar-refractivity contribution in [2.24, 2.45) is 0 Å². The zero-order valence-electron chi connectivity index (χ0n) is 19.2. The smallest absolute Gasteiger partial charge is 0.168 e. The Morgan fingerprint density at radius 3 is 1.85 bits per heavy atom. The number of unbranched alkanes of at least 4 members (excludes halogenated alkanes) is 3. The topological polar surface area (TPSA) is 68.1 Å². The first-order valence-corrected chi connectivity index (χ1v) is 11.5. The van der Waals surface area contributed by atoms with Crippen LogP contribution in [0.1, 0.15) is 38.2 Å². The monoisotopic (exact) mass is 439 g/mol. The third-order valence-corrected chi connectivity index (χ3v) is 5.48. The predicted molar refractivity (Wildman–Crippen MR) is 132 cm³/mol. The fraction of sp³-hybridized carbons (Fsp3) is 0.250. The van der Waals surface area contributed by atoms with Gasteiger partial charge in [0, 0.05) is 17.2 Å². The van der Waals surface area contributed by atoms with Crippen LogP contribution in [0.4, 0.5) is 0 Å². The lowest BCUT2D eigenvalue weighted by atomic mass is 10.1. The molecule has 0 spiro atoms. The van der Waals surface area contributed by atoms with E-state index in [9.17, 15) is 5.11 Å². The van der Waals surface area contributed by atoms with Crippen molar-refractivity contribution in [2.45, 2.75) is 39.5 Å². The van der Waals surface area contributed by atoms with Gasteiger partial charge in [-0.15, -0.1) is 0 Å². The fourth-order valence-corrected chi connectivity index (χ4v) is 3.75. The van der Waals surface area contributed by atoms with Gasteiger partial charge in [-0.2, -0.15) is 0 Å².